The standard InChI is InChI=1S/C24H30F2N6O2/c1-17(2)34-23-7-5-20(13-28-23)31-10-8-30(9-11-31)18(3)24(33,14-32-16-27-15-29-32)21-6-4-19(25)12-22(21)26/h4-7,12-13,15-18,33H,8-11,14H2,1-3H3/t18-,24-/m1/s1. The number of halogens is 2. The summed E-state index contributed by atoms with van der Waals surface area (Å²) in [7, 11) is 0. The van der Waals surface area contributed by atoms with Crippen LogP contribution in [0.2, 0.25) is 0 Å². The van der Waals surface area contributed by atoms with Gasteiger partial charge in [0.05, 0.1) is 24.5 Å². The van der Waals surface area contributed by atoms with Crippen molar-refractivity contribution in [2.45, 2.75) is 45.1 Å². The number of benzene rings is 1. The highest BCUT2D eigenvalue weighted by atomic mass is 19.1. The van der Waals surface area contributed by atoms with E-state index < -0.39 is 23.3 Å². The van der Waals surface area contributed by atoms with Gasteiger partial charge in [0.2, 0.25) is 5.88 Å². The molecule has 0 bridgehead atoms. The third kappa shape index (κ3) is 5.18. The van der Waals surface area contributed by atoms with Crippen LogP contribution in [0.1, 0.15) is 26.3 Å². The number of hydrogen-bond acceptors (Lipinski definition) is 7. The first-order valence-electron chi connectivity index (χ1n) is 11.4. The topological polar surface area (TPSA) is 79.5 Å². The Bertz CT molecular complexity index is 1070. The molecule has 4 rings (SSSR count). The normalized spacial score (nSPS) is 17.6. The molecule has 0 amide bonds. The average Bonchev–Trinajstić information content (AvgIpc) is 3.31. The quantitative estimate of drug-likeness (QED) is 0.540. The predicted octanol–water partition coefficient (Wildman–Crippen LogP) is 2.84. The molecule has 1 saturated heterocycles. The highest BCUT2D eigenvalue weighted by Gasteiger charge is 2.42. The van der Waals surface area contributed by atoms with Crippen molar-refractivity contribution in [2.75, 3.05) is 31.1 Å². The monoisotopic (exact) mass is 472 g/mol. The van der Waals surface area contributed by atoms with Crippen LogP contribution in [-0.4, -0.2) is 68.1 Å². The maximum Gasteiger partial charge on any atom is 0.213 e. The molecule has 2 atom stereocenters. The van der Waals surface area contributed by atoms with Crippen molar-refractivity contribution in [1.82, 2.24) is 24.6 Å². The van der Waals surface area contributed by atoms with Crippen LogP contribution in [0, 0.1) is 11.6 Å². The summed E-state index contributed by atoms with van der Waals surface area (Å²) in [5, 5.41) is 15.9. The number of pyridine rings is 1. The number of anilines is 1. The first-order chi connectivity index (χ1) is 16.3. The minimum Gasteiger partial charge on any atom is -0.475 e. The fourth-order valence-corrected chi connectivity index (χ4v) is 4.38. The molecule has 1 aliphatic heterocycles. The molecule has 1 N–H and O–H groups in total. The Morgan fingerprint density at radius 1 is 1.09 bits per heavy atom. The van der Waals surface area contributed by atoms with Gasteiger partial charge in [-0.1, -0.05) is 6.07 Å². The van der Waals surface area contributed by atoms with Gasteiger partial charge in [-0.2, -0.15) is 5.10 Å². The summed E-state index contributed by atoms with van der Waals surface area (Å²) in [4.78, 5) is 12.6. The van der Waals surface area contributed by atoms with Crippen LogP contribution in [0.3, 0.4) is 0 Å². The van der Waals surface area contributed by atoms with Crippen molar-refractivity contribution in [1.29, 1.82) is 0 Å². The molecule has 0 saturated carbocycles. The van der Waals surface area contributed by atoms with Gasteiger partial charge < -0.3 is 14.7 Å². The molecule has 0 unspecified atom stereocenters. The van der Waals surface area contributed by atoms with Crippen molar-refractivity contribution in [3.8, 4) is 5.88 Å². The minimum atomic E-state index is -1.65. The van der Waals surface area contributed by atoms with Crippen LogP contribution in [0.25, 0.3) is 0 Å². The summed E-state index contributed by atoms with van der Waals surface area (Å²) >= 11 is 0. The SMILES string of the molecule is CC(C)Oc1ccc(N2CCN([C@H](C)[C@](O)(Cn3cncn3)c3ccc(F)cc3F)CC2)cn1. The Morgan fingerprint density at radius 2 is 1.85 bits per heavy atom. The van der Waals surface area contributed by atoms with Crippen molar-refractivity contribution >= 4 is 5.69 Å². The Hall–Kier alpha value is -3.11. The first-order valence-corrected chi connectivity index (χ1v) is 11.4. The Balaban J connectivity index is 1.50. The van der Waals surface area contributed by atoms with Crippen molar-refractivity contribution in [3.05, 3.63) is 66.4 Å². The van der Waals surface area contributed by atoms with E-state index >= 15 is 0 Å². The van der Waals surface area contributed by atoms with Crippen LogP contribution in [-0.2, 0) is 12.1 Å². The number of rotatable bonds is 8. The second kappa shape index (κ2) is 10.0. The van der Waals surface area contributed by atoms with Crippen LogP contribution in [0.5, 0.6) is 5.88 Å². The van der Waals surface area contributed by atoms with Gasteiger partial charge in [-0.3, -0.25) is 4.90 Å². The summed E-state index contributed by atoms with van der Waals surface area (Å²) in [5.41, 5.74) is -0.625. The second-order valence-electron chi connectivity index (χ2n) is 8.86. The predicted molar refractivity (Wildman–Crippen MR) is 124 cm³/mol. The van der Waals surface area contributed by atoms with E-state index in [9.17, 15) is 13.9 Å². The Kier molecular flexibility index (Phi) is 7.08. The maximum absolute atomic E-state index is 14.8. The van der Waals surface area contributed by atoms with Crippen LogP contribution < -0.4 is 9.64 Å². The fraction of sp³-hybridized carbons (Fsp3) is 0.458. The molecule has 0 spiro atoms. The molecule has 3 aromatic rings. The average molecular weight is 473 g/mol. The molecule has 1 aromatic carbocycles. The van der Waals surface area contributed by atoms with Gasteiger partial charge >= 0.3 is 0 Å². The number of aliphatic hydroxyl groups is 1. The lowest BCUT2D eigenvalue weighted by Crippen LogP contribution is -2.57. The molecule has 8 nitrogen and oxygen atoms in total. The van der Waals surface area contributed by atoms with Crippen LogP contribution >= 0.6 is 0 Å². The van der Waals surface area contributed by atoms with E-state index in [2.05, 4.69) is 24.9 Å². The molecule has 3 heterocycles. The zero-order valence-electron chi connectivity index (χ0n) is 19.6. The molecular formula is C24H30F2N6O2. The Morgan fingerprint density at radius 3 is 2.44 bits per heavy atom. The zero-order valence-corrected chi connectivity index (χ0v) is 19.6. The summed E-state index contributed by atoms with van der Waals surface area (Å²) in [6.07, 6.45) is 4.68. The molecule has 2 aromatic heterocycles. The van der Waals surface area contributed by atoms with Gasteiger partial charge in [0.15, 0.2) is 0 Å². The molecule has 1 fully saturated rings. The van der Waals surface area contributed by atoms with Gasteiger partial charge in [0.25, 0.3) is 0 Å². The minimum absolute atomic E-state index is 0.0157. The zero-order chi connectivity index (χ0) is 24.3. The molecule has 1 aliphatic rings. The number of aromatic nitrogens is 4. The molecular weight excluding hydrogens is 442 g/mol. The van der Waals surface area contributed by atoms with Gasteiger partial charge in [-0.25, -0.2) is 23.4 Å². The summed E-state index contributed by atoms with van der Waals surface area (Å²) < 4.78 is 35.5. The fourth-order valence-electron chi connectivity index (χ4n) is 4.38. The first kappa shape index (κ1) is 24.0. The third-order valence-electron chi connectivity index (χ3n) is 6.26. The largest absolute Gasteiger partial charge is 0.475 e. The number of ether oxygens (including phenoxy) is 1. The van der Waals surface area contributed by atoms with Gasteiger partial charge in [0.1, 0.15) is 29.9 Å². The smallest absolute Gasteiger partial charge is 0.213 e. The molecule has 0 aliphatic carbocycles. The van der Waals surface area contributed by atoms with E-state index in [0.717, 1.165) is 17.8 Å². The second-order valence-corrected chi connectivity index (χ2v) is 8.86. The van der Waals surface area contributed by atoms with E-state index in [1.165, 1.54) is 23.4 Å². The summed E-state index contributed by atoms with van der Waals surface area (Å²) in [6, 6.07) is 6.64. The van der Waals surface area contributed by atoms with Crippen molar-refractivity contribution in [2.24, 2.45) is 0 Å². The summed E-state index contributed by atoms with van der Waals surface area (Å²) in [5.74, 6) is -0.891. The molecule has 10 heteroatoms. The lowest BCUT2D eigenvalue weighted by Gasteiger charge is -2.45. The van der Waals surface area contributed by atoms with Crippen LogP contribution in [0.15, 0.2) is 49.2 Å². The van der Waals surface area contributed by atoms with Crippen molar-refractivity contribution < 1.29 is 18.6 Å². The van der Waals surface area contributed by atoms with E-state index in [1.807, 2.05) is 32.9 Å². The van der Waals surface area contributed by atoms with Crippen molar-refractivity contribution in [3.63, 3.8) is 0 Å². The van der Waals surface area contributed by atoms with E-state index in [4.69, 9.17) is 4.74 Å². The van der Waals surface area contributed by atoms with Gasteiger partial charge in [0, 0.05) is 49.9 Å². The maximum atomic E-state index is 14.8. The number of hydrogen-bond donors (Lipinski definition) is 1. The lowest BCUT2D eigenvalue weighted by atomic mass is 9.85. The summed E-state index contributed by atoms with van der Waals surface area (Å²) in [6.45, 7) is 8.47. The molecule has 182 valence electrons. The van der Waals surface area contributed by atoms with Gasteiger partial charge in [-0.05, 0) is 32.9 Å². The lowest BCUT2D eigenvalue weighted by molar-refractivity contribution is -0.0650. The van der Waals surface area contributed by atoms with Gasteiger partial charge in [-0.15, -0.1) is 0 Å². The highest BCUT2D eigenvalue weighted by Crippen LogP contribution is 2.33. The molecule has 0 radical (unpaired) electrons. The van der Waals surface area contributed by atoms with E-state index in [-0.39, 0.29) is 18.2 Å². The van der Waals surface area contributed by atoms with E-state index in [0.29, 0.717) is 32.1 Å². The molecule has 34 heavy (non-hydrogen) atoms. The van der Waals surface area contributed by atoms with Crippen LogP contribution in [0.4, 0.5) is 14.5 Å². The van der Waals surface area contributed by atoms with E-state index in [1.54, 1.807) is 6.20 Å². The Labute approximate surface area is 197 Å². The number of nitrogens with zero attached hydrogens (tertiary/aromatic N) is 6. The number of piperazine rings is 1. The highest BCUT2D eigenvalue weighted by molar-refractivity contribution is 5.46. The third-order valence-corrected chi connectivity index (χ3v) is 6.26.